The number of hydrogen-bond donors (Lipinski definition) is 0. The molecule has 0 saturated heterocycles. The highest BCUT2D eigenvalue weighted by atomic mass is 16.5. The minimum Gasteiger partial charge on any atom is -0.493 e. The van der Waals surface area contributed by atoms with Crippen molar-refractivity contribution in [2.24, 2.45) is 0 Å². The second-order valence-electron chi connectivity index (χ2n) is 7.47. The molecule has 9 heteroatoms. The summed E-state index contributed by atoms with van der Waals surface area (Å²) in [7, 11) is 1.56. The molecule has 0 aliphatic heterocycles. The Hall–Kier alpha value is -3.88. The quantitative estimate of drug-likeness (QED) is 0.438. The van der Waals surface area contributed by atoms with Crippen molar-refractivity contribution < 1.29 is 14.0 Å². The maximum Gasteiger partial charge on any atom is 0.332 e. The van der Waals surface area contributed by atoms with Crippen LogP contribution >= 0.6 is 0 Å². The van der Waals surface area contributed by atoms with Crippen molar-refractivity contribution in [2.75, 3.05) is 13.7 Å². The van der Waals surface area contributed by atoms with Crippen LogP contribution in [0.4, 0.5) is 0 Å². The highest BCUT2D eigenvalue weighted by Crippen LogP contribution is 2.31. The first-order chi connectivity index (χ1) is 15.4. The van der Waals surface area contributed by atoms with Gasteiger partial charge in [-0.25, -0.2) is 4.79 Å². The number of rotatable bonds is 7. The summed E-state index contributed by atoms with van der Waals surface area (Å²) in [5.74, 6) is 1.78. The number of methoxy groups -OCH3 is 1. The summed E-state index contributed by atoms with van der Waals surface area (Å²) in [5.41, 5.74) is 0.460. The minimum atomic E-state index is -0.425. The zero-order valence-electron chi connectivity index (χ0n) is 18.4. The molecule has 0 spiro atoms. The van der Waals surface area contributed by atoms with E-state index in [1.54, 1.807) is 57.4 Å². The molecule has 0 aliphatic rings. The molecular formula is C23H24N4O5. The Morgan fingerprint density at radius 3 is 2.59 bits per heavy atom. The lowest BCUT2D eigenvalue weighted by atomic mass is 10.2. The monoisotopic (exact) mass is 436 g/mol. The van der Waals surface area contributed by atoms with E-state index in [2.05, 4.69) is 10.1 Å². The van der Waals surface area contributed by atoms with Gasteiger partial charge >= 0.3 is 5.69 Å². The van der Waals surface area contributed by atoms with Gasteiger partial charge in [0.2, 0.25) is 11.7 Å². The summed E-state index contributed by atoms with van der Waals surface area (Å²) < 4.78 is 19.1. The molecule has 2 aromatic carbocycles. The average molecular weight is 436 g/mol. The molecule has 0 unspecified atom stereocenters. The second kappa shape index (κ2) is 8.70. The zero-order chi connectivity index (χ0) is 22.8. The van der Waals surface area contributed by atoms with Gasteiger partial charge < -0.3 is 14.0 Å². The van der Waals surface area contributed by atoms with Crippen molar-refractivity contribution in [3.63, 3.8) is 0 Å². The lowest BCUT2D eigenvalue weighted by Gasteiger charge is -2.14. The molecular weight excluding hydrogens is 412 g/mol. The highest BCUT2D eigenvalue weighted by Gasteiger charge is 2.18. The van der Waals surface area contributed by atoms with E-state index >= 15 is 0 Å². The van der Waals surface area contributed by atoms with Crippen LogP contribution < -0.4 is 20.7 Å². The first-order valence-electron chi connectivity index (χ1n) is 10.3. The van der Waals surface area contributed by atoms with Crippen LogP contribution in [0.15, 0.2) is 56.6 Å². The first-order valence-corrected chi connectivity index (χ1v) is 10.3. The highest BCUT2D eigenvalue weighted by molar-refractivity contribution is 5.77. The van der Waals surface area contributed by atoms with Gasteiger partial charge in [0.1, 0.15) is 6.54 Å². The van der Waals surface area contributed by atoms with Crippen LogP contribution in [-0.2, 0) is 6.54 Å². The molecule has 2 heterocycles. The lowest BCUT2D eigenvalue weighted by molar-refractivity contribution is 0.311. The maximum absolute atomic E-state index is 13.1. The molecule has 2 aromatic heterocycles. The molecule has 0 aliphatic carbocycles. The predicted molar refractivity (Wildman–Crippen MR) is 119 cm³/mol. The van der Waals surface area contributed by atoms with Crippen LogP contribution in [0.5, 0.6) is 11.5 Å². The Morgan fingerprint density at radius 1 is 1.09 bits per heavy atom. The van der Waals surface area contributed by atoms with Crippen LogP contribution in [0.25, 0.3) is 22.3 Å². The Morgan fingerprint density at radius 2 is 1.88 bits per heavy atom. The number of hydrogen-bond acceptors (Lipinski definition) is 7. The fourth-order valence-electron chi connectivity index (χ4n) is 3.60. The smallest absolute Gasteiger partial charge is 0.332 e. The minimum absolute atomic E-state index is 0.0352. The summed E-state index contributed by atoms with van der Waals surface area (Å²) in [6, 6.07) is 12.1. The maximum atomic E-state index is 13.1. The van der Waals surface area contributed by atoms with Gasteiger partial charge in [0.05, 0.1) is 24.6 Å². The number of nitrogens with zero attached hydrogens (tertiary/aromatic N) is 4. The van der Waals surface area contributed by atoms with Gasteiger partial charge in [0, 0.05) is 11.6 Å². The molecule has 4 aromatic rings. The molecule has 0 fully saturated rings. The third kappa shape index (κ3) is 3.77. The molecule has 0 bridgehead atoms. The second-order valence-corrected chi connectivity index (χ2v) is 7.47. The van der Waals surface area contributed by atoms with E-state index < -0.39 is 5.69 Å². The van der Waals surface area contributed by atoms with Gasteiger partial charge in [0.15, 0.2) is 11.5 Å². The molecule has 0 saturated carbocycles. The Balaban J connectivity index is 1.75. The Labute approximate surface area is 183 Å². The zero-order valence-corrected chi connectivity index (χ0v) is 18.4. The van der Waals surface area contributed by atoms with E-state index in [0.717, 1.165) is 0 Å². The summed E-state index contributed by atoms with van der Waals surface area (Å²) in [4.78, 5) is 30.4. The fraction of sp³-hybridized carbons (Fsp3) is 0.304. The van der Waals surface area contributed by atoms with Crippen molar-refractivity contribution >= 4 is 10.9 Å². The first kappa shape index (κ1) is 21.4. The normalized spacial score (nSPS) is 11.3. The van der Waals surface area contributed by atoms with Crippen LogP contribution in [0, 0.1) is 0 Å². The summed E-state index contributed by atoms with van der Waals surface area (Å²) in [5, 5.41) is 4.51. The van der Waals surface area contributed by atoms with Gasteiger partial charge in [-0.2, -0.15) is 4.98 Å². The number of ether oxygens (including phenoxy) is 2. The van der Waals surface area contributed by atoms with Crippen molar-refractivity contribution in [1.82, 2.24) is 19.3 Å². The van der Waals surface area contributed by atoms with E-state index in [1.165, 1.54) is 9.13 Å². The van der Waals surface area contributed by atoms with Gasteiger partial charge in [-0.3, -0.25) is 13.9 Å². The molecule has 0 radical (unpaired) electrons. The van der Waals surface area contributed by atoms with E-state index in [1.807, 2.05) is 13.0 Å². The Kier molecular flexibility index (Phi) is 5.81. The van der Waals surface area contributed by atoms with Gasteiger partial charge in [-0.15, -0.1) is 0 Å². The van der Waals surface area contributed by atoms with Crippen molar-refractivity contribution in [3.8, 4) is 22.9 Å². The fourth-order valence-corrected chi connectivity index (χ4v) is 3.60. The third-order valence-corrected chi connectivity index (χ3v) is 5.08. The SMILES string of the molecule is CCOc1ccc(-c2noc(Cn3c(=O)n(C(C)C)c(=O)c4ccccc43)n2)cc1OC. The van der Waals surface area contributed by atoms with Crippen LogP contribution in [-0.4, -0.2) is 33.0 Å². The Bertz CT molecular complexity index is 1380. The lowest BCUT2D eigenvalue weighted by Crippen LogP contribution is -2.41. The largest absolute Gasteiger partial charge is 0.493 e. The van der Waals surface area contributed by atoms with Gasteiger partial charge in [-0.1, -0.05) is 17.3 Å². The summed E-state index contributed by atoms with van der Waals surface area (Å²) in [6.07, 6.45) is 0. The third-order valence-electron chi connectivity index (χ3n) is 5.08. The molecule has 166 valence electrons. The number of para-hydroxylation sites is 1. The predicted octanol–water partition coefficient (Wildman–Crippen LogP) is 3.25. The molecule has 0 N–H and O–H groups in total. The van der Waals surface area contributed by atoms with E-state index in [9.17, 15) is 9.59 Å². The molecule has 0 atom stereocenters. The van der Waals surface area contributed by atoms with Crippen LogP contribution in [0.3, 0.4) is 0 Å². The molecule has 9 nitrogen and oxygen atoms in total. The van der Waals surface area contributed by atoms with Crippen LogP contribution in [0.1, 0.15) is 32.7 Å². The van der Waals surface area contributed by atoms with E-state index in [4.69, 9.17) is 14.0 Å². The number of fused-ring (bicyclic) bond motifs is 1. The van der Waals surface area contributed by atoms with Gasteiger partial charge in [0.25, 0.3) is 5.56 Å². The van der Waals surface area contributed by atoms with Crippen molar-refractivity contribution in [3.05, 3.63) is 69.2 Å². The van der Waals surface area contributed by atoms with Crippen LogP contribution in [0.2, 0.25) is 0 Å². The molecule has 0 amide bonds. The molecule has 4 rings (SSSR count). The molecule has 32 heavy (non-hydrogen) atoms. The topological polar surface area (TPSA) is 101 Å². The summed E-state index contributed by atoms with van der Waals surface area (Å²) in [6.45, 7) is 6.04. The summed E-state index contributed by atoms with van der Waals surface area (Å²) >= 11 is 0. The van der Waals surface area contributed by atoms with E-state index in [0.29, 0.717) is 40.4 Å². The average Bonchev–Trinajstić information content (AvgIpc) is 3.25. The number of aromatic nitrogens is 4. The van der Waals surface area contributed by atoms with E-state index in [-0.39, 0.29) is 24.0 Å². The van der Waals surface area contributed by atoms with Crippen molar-refractivity contribution in [1.29, 1.82) is 0 Å². The number of benzene rings is 2. The standard InChI is InChI=1S/C23H24N4O5/c1-5-31-18-11-10-15(12-19(18)30-4)21-24-20(32-25-21)13-26-17-9-7-6-8-16(17)22(28)27(14(2)3)23(26)29/h6-12,14H,5,13H2,1-4H3. The van der Waals surface area contributed by atoms with Gasteiger partial charge in [-0.05, 0) is 51.1 Å². The van der Waals surface area contributed by atoms with Crippen molar-refractivity contribution in [2.45, 2.75) is 33.4 Å².